The van der Waals surface area contributed by atoms with Gasteiger partial charge in [-0.05, 0) is 42.8 Å². The Bertz CT molecular complexity index is 960. The van der Waals surface area contributed by atoms with Crippen molar-refractivity contribution in [3.8, 4) is 5.75 Å². The molecule has 0 aliphatic rings. The third-order valence-electron chi connectivity index (χ3n) is 4.14. The highest BCUT2D eigenvalue weighted by Gasteiger charge is 2.32. The van der Waals surface area contributed by atoms with Crippen LogP contribution in [-0.4, -0.2) is 34.2 Å². The lowest BCUT2D eigenvalue weighted by atomic mass is 10.1. The quantitative estimate of drug-likeness (QED) is 0.731. The van der Waals surface area contributed by atoms with Crippen LogP contribution < -0.4 is 14.4 Å². The van der Waals surface area contributed by atoms with E-state index in [4.69, 9.17) is 4.74 Å². The highest BCUT2D eigenvalue weighted by Crippen LogP contribution is 2.32. The molecule has 0 spiro atoms. The summed E-state index contributed by atoms with van der Waals surface area (Å²) < 4.78 is 68.8. The number of anilines is 1. The monoisotopic (exact) mass is 430 g/mol. The van der Waals surface area contributed by atoms with Gasteiger partial charge in [0.1, 0.15) is 12.3 Å². The van der Waals surface area contributed by atoms with E-state index in [9.17, 15) is 26.4 Å². The Balaban J connectivity index is 2.19. The molecule has 0 aliphatic heterocycles. The van der Waals surface area contributed by atoms with Crippen LogP contribution in [-0.2, 0) is 21.0 Å². The van der Waals surface area contributed by atoms with E-state index in [-0.39, 0.29) is 5.69 Å². The lowest BCUT2D eigenvalue weighted by molar-refractivity contribution is -0.137. The number of carbonyl (C=O) groups excluding carboxylic acids is 1. The molecule has 0 aromatic heterocycles. The molecule has 0 radical (unpaired) electrons. The van der Waals surface area contributed by atoms with Crippen LogP contribution in [0, 0.1) is 0 Å². The molecule has 1 amide bonds. The van der Waals surface area contributed by atoms with Crippen molar-refractivity contribution in [1.82, 2.24) is 5.32 Å². The minimum absolute atomic E-state index is 0.241. The van der Waals surface area contributed by atoms with Crippen LogP contribution in [0.5, 0.6) is 5.75 Å². The number of sulfonamides is 1. The molecule has 0 fully saturated rings. The number of carbonyl (C=O) groups is 1. The van der Waals surface area contributed by atoms with Gasteiger partial charge in [0.2, 0.25) is 15.9 Å². The van der Waals surface area contributed by atoms with E-state index >= 15 is 0 Å². The Morgan fingerprint density at radius 3 is 2.31 bits per heavy atom. The normalized spacial score (nSPS) is 12.9. The predicted octanol–water partition coefficient (Wildman–Crippen LogP) is 3.36. The second-order valence-electron chi connectivity index (χ2n) is 6.38. The minimum atomic E-state index is -4.63. The van der Waals surface area contributed by atoms with Crippen molar-refractivity contribution in [2.75, 3.05) is 24.2 Å². The van der Waals surface area contributed by atoms with E-state index in [0.29, 0.717) is 16.1 Å². The summed E-state index contributed by atoms with van der Waals surface area (Å²) in [7, 11) is -2.47. The maximum absolute atomic E-state index is 12.9. The van der Waals surface area contributed by atoms with Crippen molar-refractivity contribution < 1.29 is 31.1 Å². The Hall–Kier alpha value is -2.75. The Morgan fingerprint density at radius 2 is 1.79 bits per heavy atom. The van der Waals surface area contributed by atoms with E-state index < -0.39 is 40.3 Å². The maximum atomic E-state index is 12.9. The van der Waals surface area contributed by atoms with Gasteiger partial charge < -0.3 is 10.1 Å². The smallest absolute Gasteiger partial charge is 0.416 e. The van der Waals surface area contributed by atoms with Gasteiger partial charge in [-0.15, -0.1) is 0 Å². The number of amides is 1. The first-order valence-electron chi connectivity index (χ1n) is 8.50. The number of halogens is 3. The number of hydrogen-bond acceptors (Lipinski definition) is 4. The van der Waals surface area contributed by atoms with Crippen LogP contribution in [0.15, 0.2) is 48.5 Å². The van der Waals surface area contributed by atoms with Crippen molar-refractivity contribution in [1.29, 1.82) is 0 Å². The molecule has 6 nitrogen and oxygen atoms in total. The Morgan fingerprint density at radius 1 is 1.17 bits per heavy atom. The molecule has 29 heavy (non-hydrogen) atoms. The molecule has 0 heterocycles. The largest absolute Gasteiger partial charge is 0.497 e. The zero-order chi connectivity index (χ0) is 21.8. The topological polar surface area (TPSA) is 75.7 Å². The van der Waals surface area contributed by atoms with Crippen LogP contribution in [0.4, 0.5) is 18.9 Å². The highest BCUT2D eigenvalue weighted by molar-refractivity contribution is 7.92. The van der Waals surface area contributed by atoms with Gasteiger partial charge in [0.25, 0.3) is 0 Å². The lowest BCUT2D eigenvalue weighted by Crippen LogP contribution is -2.41. The SMILES string of the molecule is COc1ccc(C(C)NC(=O)CN(c2cccc(C(F)(F)F)c2)S(C)(=O)=O)cc1. The molecule has 2 rings (SSSR count). The van der Waals surface area contributed by atoms with Crippen LogP contribution in [0.2, 0.25) is 0 Å². The van der Waals surface area contributed by atoms with Gasteiger partial charge in [0, 0.05) is 0 Å². The van der Waals surface area contributed by atoms with Gasteiger partial charge in [-0.2, -0.15) is 13.2 Å². The molecular formula is C19H21F3N2O4S. The van der Waals surface area contributed by atoms with Crippen LogP contribution in [0.25, 0.3) is 0 Å². The second kappa shape index (κ2) is 8.73. The molecule has 0 saturated carbocycles. The maximum Gasteiger partial charge on any atom is 0.416 e. The molecule has 1 unspecified atom stereocenters. The highest BCUT2D eigenvalue weighted by atomic mass is 32.2. The van der Waals surface area contributed by atoms with Crippen molar-refractivity contribution in [2.24, 2.45) is 0 Å². The third kappa shape index (κ3) is 6.11. The summed E-state index contributed by atoms with van der Waals surface area (Å²) >= 11 is 0. The van der Waals surface area contributed by atoms with Gasteiger partial charge in [-0.1, -0.05) is 18.2 Å². The van der Waals surface area contributed by atoms with Crippen molar-refractivity contribution in [3.63, 3.8) is 0 Å². The molecule has 10 heteroatoms. The summed E-state index contributed by atoms with van der Waals surface area (Å²) in [6.45, 7) is 1.05. The van der Waals surface area contributed by atoms with Crippen molar-refractivity contribution >= 4 is 21.6 Å². The average Bonchev–Trinajstić information content (AvgIpc) is 2.64. The molecule has 2 aromatic rings. The summed E-state index contributed by atoms with van der Waals surface area (Å²) in [4.78, 5) is 12.4. The number of ether oxygens (including phenoxy) is 1. The third-order valence-corrected chi connectivity index (χ3v) is 5.28. The molecular weight excluding hydrogens is 409 g/mol. The molecule has 0 saturated heterocycles. The zero-order valence-electron chi connectivity index (χ0n) is 16.0. The van der Waals surface area contributed by atoms with E-state index in [1.807, 2.05) is 0 Å². The van der Waals surface area contributed by atoms with Gasteiger partial charge in [0.05, 0.1) is 30.7 Å². The summed E-state index contributed by atoms with van der Waals surface area (Å²) in [6.07, 6.45) is -3.81. The van der Waals surface area contributed by atoms with Crippen LogP contribution in [0.3, 0.4) is 0 Å². The summed E-state index contributed by atoms with van der Waals surface area (Å²) in [5.41, 5.74) is -0.491. The summed E-state index contributed by atoms with van der Waals surface area (Å²) in [5, 5.41) is 2.64. The number of benzene rings is 2. The van der Waals surface area contributed by atoms with E-state index in [0.717, 1.165) is 24.0 Å². The van der Waals surface area contributed by atoms with E-state index in [2.05, 4.69) is 5.32 Å². The van der Waals surface area contributed by atoms with Crippen molar-refractivity contribution in [2.45, 2.75) is 19.1 Å². The fourth-order valence-corrected chi connectivity index (χ4v) is 3.48. The lowest BCUT2D eigenvalue weighted by Gasteiger charge is -2.24. The standard InChI is InChI=1S/C19H21F3N2O4S/c1-13(14-7-9-17(28-2)10-8-14)23-18(25)12-24(29(3,26)27)16-6-4-5-15(11-16)19(20,21)22/h4-11,13H,12H2,1-3H3,(H,23,25). The number of alkyl halides is 3. The fraction of sp³-hybridized carbons (Fsp3) is 0.316. The molecule has 0 aliphatic carbocycles. The van der Waals surface area contributed by atoms with E-state index in [1.54, 1.807) is 31.2 Å². The molecule has 1 atom stereocenters. The number of nitrogens with one attached hydrogen (secondary N) is 1. The van der Waals surface area contributed by atoms with Gasteiger partial charge in [-0.3, -0.25) is 9.10 Å². The first kappa shape index (κ1) is 22.5. The average molecular weight is 430 g/mol. The number of nitrogens with zero attached hydrogens (tertiary/aromatic N) is 1. The number of methoxy groups -OCH3 is 1. The summed E-state index contributed by atoms with van der Waals surface area (Å²) in [6, 6.07) is 10.3. The number of rotatable bonds is 7. The zero-order valence-corrected chi connectivity index (χ0v) is 16.8. The van der Waals surface area contributed by atoms with Gasteiger partial charge in [-0.25, -0.2) is 8.42 Å². The molecule has 158 valence electrons. The molecule has 2 aromatic carbocycles. The minimum Gasteiger partial charge on any atom is -0.497 e. The van der Waals surface area contributed by atoms with E-state index in [1.165, 1.54) is 13.2 Å². The predicted molar refractivity (Wildman–Crippen MR) is 103 cm³/mol. The van der Waals surface area contributed by atoms with Gasteiger partial charge in [0.15, 0.2) is 0 Å². The summed E-state index contributed by atoms with van der Waals surface area (Å²) in [5.74, 6) is -0.0174. The Labute approximate surface area is 167 Å². The second-order valence-corrected chi connectivity index (χ2v) is 8.29. The number of hydrogen-bond donors (Lipinski definition) is 1. The van der Waals surface area contributed by atoms with Crippen LogP contribution >= 0.6 is 0 Å². The molecule has 1 N–H and O–H groups in total. The fourth-order valence-electron chi connectivity index (χ4n) is 2.63. The molecule has 0 bridgehead atoms. The Kier molecular flexibility index (Phi) is 6.78. The van der Waals surface area contributed by atoms with Crippen LogP contribution in [0.1, 0.15) is 24.1 Å². The first-order valence-corrected chi connectivity index (χ1v) is 10.3. The van der Waals surface area contributed by atoms with Gasteiger partial charge >= 0.3 is 6.18 Å². The first-order chi connectivity index (χ1) is 13.4. The van der Waals surface area contributed by atoms with Crippen molar-refractivity contribution in [3.05, 3.63) is 59.7 Å².